The molecule has 1 rings (SSSR count). The van der Waals surface area contributed by atoms with Gasteiger partial charge in [0.1, 0.15) is 0 Å². The summed E-state index contributed by atoms with van der Waals surface area (Å²) in [5, 5.41) is 2.24. The first kappa shape index (κ1) is 8.05. The summed E-state index contributed by atoms with van der Waals surface area (Å²) in [6.45, 7) is 4.38. The number of halogens is 1. The lowest BCUT2D eigenvalue weighted by Crippen LogP contribution is -2.05. The average Bonchev–Trinajstić information content (AvgIpc) is 2.15. The van der Waals surface area contributed by atoms with Gasteiger partial charge in [-0.1, -0.05) is 8.57 Å². The molecule has 0 saturated heterocycles. The summed E-state index contributed by atoms with van der Waals surface area (Å²) >= 11 is 5.38. The molecule has 0 fully saturated rings. The molecule has 0 radical (unpaired) electrons. The monoisotopic (exact) mass is 214 g/mol. The van der Waals surface area contributed by atoms with Crippen molar-refractivity contribution in [1.82, 2.24) is 0 Å². The van der Waals surface area contributed by atoms with Crippen LogP contribution in [0.4, 0.5) is 0 Å². The molecule has 0 nitrogen and oxygen atoms in total. The van der Waals surface area contributed by atoms with Gasteiger partial charge in [-0.25, -0.2) is 0 Å². The molecule has 3 heteroatoms. The Morgan fingerprint density at radius 1 is 1.56 bits per heavy atom. The Hall–Kier alpha value is 0.946. The molecule has 1 aromatic rings. The van der Waals surface area contributed by atoms with E-state index < -0.39 is 0 Å². The highest BCUT2D eigenvalue weighted by atomic mass is 79.9. The van der Waals surface area contributed by atoms with Crippen LogP contribution in [0.3, 0.4) is 0 Å². The van der Waals surface area contributed by atoms with Gasteiger partial charge < -0.3 is 0 Å². The molecule has 0 aliphatic rings. The summed E-state index contributed by atoms with van der Waals surface area (Å²) in [5.41, 5.74) is 2.95. The van der Waals surface area contributed by atoms with Gasteiger partial charge in [-0.3, -0.25) is 12.9 Å². The van der Waals surface area contributed by atoms with Gasteiger partial charge in [0.25, 0.3) is 0 Å². The van der Waals surface area contributed by atoms with Crippen molar-refractivity contribution in [2.24, 2.45) is 0 Å². The van der Waals surface area contributed by atoms with Crippen molar-refractivity contribution >= 4 is 45.4 Å². The molecule has 46 valence electrons. The second-order valence-electron chi connectivity index (χ2n) is 2.10. The largest absolute Gasteiger partial charge is 0.522 e. The van der Waals surface area contributed by atoms with Crippen LogP contribution in [0.15, 0.2) is 5.38 Å². The summed E-state index contributed by atoms with van der Waals surface area (Å²) < 4.78 is 1.59. The Labute approximate surface area is 75.3 Å². The molecule has 0 aliphatic carbocycles. The highest BCUT2D eigenvalue weighted by Gasteiger charge is 2.02. The van der Waals surface area contributed by atoms with E-state index in [2.05, 4.69) is 32.1 Å². The molecule has 0 atom stereocenters. The van der Waals surface area contributed by atoms with Gasteiger partial charge in [0, 0.05) is 0 Å². The number of hydrogen-bond donors (Lipinski definition) is 0. The van der Waals surface area contributed by atoms with Gasteiger partial charge >= 0.3 is 18.2 Å². The van der Waals surface area contributed by atoms with Crippen LogP contribution in [-0.4, -0.2) is 18.2 Å². The Kier molecular flexibility index (Phi) is 3.01. The molecule has 0 N–H and O–H groups in total. The van der Waals surface area contributed by atoms with Crippen LogP contribution < -0.4 is 3.01 Å². The standard InChI is InChI=1S/C6H7S.BrH.Mg/c1-5-3-7-4-6(5)2;;/h3H,1-2H3;1H;/q;;+1/p-1. The molecule has 0 bridgehead atoms. The van der Waals surface area contributed by atoms with Crippen molar-refractivity contribution in [2.75, 3.05) is 0 Å². The lowest BCUT2D eigenvalue weighted by atomic mass is 10.2. The van der Waals surface area contributed by atoms with E-state index in [-0.39, 0.29) is 18.2 Å². The normalized spacial score (nSPS) is 9.22. The van der Waals surface area contributed by atoms with E-state index >= 15 is 0 Å². The van der Waals surface area contributed by atoms with Gasteiger partial charge in [-0.2, -0.15) is 11.3 Å². The van der Waals surface area contributed by atoms with E-state index in [1.165, 1.54) is 11.1 Å². The maximum atomic E-state index is 3.57. The van der Waals surface area contributed by atoms with Crippen LogP contribution in [0.1, 0.15) is 11.1 Å². The van der Waals surface area contributed by atoms with Crippen LogP contribution in [-0.2, 0) is 0 Å². The third-order valence-corrected chi connectivity index (χ3v) is 7.07. The first-order chi connectivity index (χ1) is 4.25. The molecule has 0 unspecified atom stereocenters. The van der Waals surface area contributed by atoms with Gasteiger partial charge in [0.15, 0.2) is 0 Å². The Morgan fingerprint density at radius 2 is 2.22 bits per heavy atom. The molecule has 0 amide bonds. The molecule has 9 heavy (non-hydrogen) atoms. The number of rotatable bonds is 1. The van der Waals surface area contributed by atoms with Crippen molar-refractivity contribution in [3.8, 4) is 0 Å². The average molecular weight is 215 g/mol. The van der Waals surface area contributed by atoms with Gasteiger partial charge in [-0.05, 0) is 24.8 Å². The molecule has 0 aromatic carbocycles. The highest BCUT2D eigenvalue weighted by Crippen LogP contribution is 2.09. The Balaban J connectivity index is 3.04. The van der Waals surface area contributed by atoms with E-state index in [1.807, 2.05) is 11.3 Å². The quantitative estimate of drug-likeness (QED) is 0.629. The molecule has 0 aliphatic heterocycles. The SMILES string of the molecule is Cc1cs[c]([Mg][Br])c1C. The van der Waals surface area contributed by atoms with Crippen LogP contribution in [0.5, 0.6) is 0 Å². The smallest absolute Gasteiger partial charge is 0.295 e. The lowest BCUT2D eigenvalue weighted by molar-refractivity contribution is 1.42. The zero-order valence-electron chi connectivity index (χ0n) is 5.57. The first-order valence-electron chi connectivity index (χ1n) is 2.85. The van der Waals surface area contributed by atoms with E-state index in [0.29, 0.717) is 0 Å². The number of hydrogen-bond acceptors (Lipinski definition) is 1. The zero-order valence-corrected chi connectivity index (χ0v) is 9.39. The predicted molar refractivity (Wildman–Crippen MR) is 48.1 cm³/mol. The van der Waals surface area contributed by atoms with E-state index in [1.54, 1.807) is 3.01 Å². The predicted octanol–water partition coefficient (Wildman–Crippen LogP) is 2.00. The van der Waals surface area contributed by atoms with Crippen molar-refractivity contribution in [1.29, 1.82) is 0 Å². The van der Waals surface area contributed by atoms with Crippen molar-refractivity contribution < 1.29 is 0 Å². The van der Waals surface area contributed by atoms with Gasteiger partial charge in [0.2, 0.25) is 0 Å². The minimum atomic E-state index is -0.0858. The zero-order chi connectivity index (χ0) is 6.85. The van der Waals surface area contributed by atoms with E-state index in [0.717, 1.165) is 0 Å². The fraction of sp³-hybridized carbons (Fsp3) is 0.333. The second kappa shape index (κ2) is 3.37. The van der Waals surface area contributed by atoms with Crippen LogP contribution >= 0.6 is 24.2 Å². The first-order valence-corrected chi connectivity index (χ1v) is 8.34. The number of thiophene rings is 1. The minimum Gasteiger partial charge on any atom is -0.295 e. The summed E-state index contributed by atoms with van der Waals surface area (Å²) in [6.07, 6.45) is 0. The molecule has 1 heterocycles. The molecule has 0 saturated carbocycles. The van der Waals surface area contributed by atoms with Crippen LogP contribution in [0.25, 0.3) is 0 Å². The van der Waals surface area contributed by atoms with E-state index in [4.69, 9.17) is 0 Å². The molecule has 1 aromatic heterocycles. The minimum absolute atomic E-state index is 0.0858. The number of aryl methyl sites for hydroxylation is 1. The highest BCUT2D eigenvalue weighted by molar-refractivity contribution is 9.23. The summed E-state index contributed by atoms with van der Waals surface area (Å²) in [7, 11) is 0. The summed E-state index contributed by atoms with van der Waals surface area (Å²) in [5.74, 6) is 0. The fourth-order valence-corrected chi connectivity index (χ4v) is 4.95. The molecular weight excluding hydrogens is 208 g/mol. The third kappa shape index (κ3) is 1.70. The maximum Gasteiger partial charge on any atom is 0.522 e. The molecule has 0 spiro atoms. The lowest BCUT2D eigenvalue weighted by Gasteiger charge is -1.90. The van der Waals surface area contributed by atoms with Crippen molar-refractivity contribution in [3.63, 3.8) is 0 Å². The van der Waals surface area contributed by atoms with Gasteiger partial charge in [-0.15, -0.1) is 0 Å². The van der Waals surface area contributed by atoms with Crippen molar-refractivity contribution in [2.45, 2.75) is 13.8 Å². The molecular formula is C6H7BrMgS. The fourth-order valence-electron chi connectivity index (χ4n) is 0.688. The topological polar surface area (TPSA) is 0 Å². The summed E-state index contributed by atoms with van der Waals surface area (Å²) in [4.78, 5) is 0. The van der Waals surface area contributed by atoms with E-state index in [9.17, 15) is 0 Å². The summed E-state index contributed by atoms with van der Waals surface area (Å²) in [6, 6.07) is 0. The Bertz CT molecular complexity index is 207. The third-order valence-electron chi connectivity index (χ3n) is 1.51. The van der Waals surface area contributed by atoms with Crippen LogP contribution in [0, 0.1) is 13.8 Å². The van der Waals surface area contributed by atoms with Gasteiger partial charge in [0.05, 0.1) is 0 Å². The Morgan fingerprint density at radius 3 is 2.44 bits per heavy atom. The maximum absolute atomic E-state index is 3.57. The van der Waals surface area contributed by atoms with Crippen LogP contribution in [0.2, 0.25) is 0 Å². The second-order valence-corrected chi connectivity index (χ2v) is 6.23. The van der Waals surface area contributed by atoms with Crippen molar-refractivity contribution in [3.05, 3.63) is 16.5 Å².